The molecule has 1 aliphatic heterocycles. The van der Waals surface area contributed by atoms with Gasteiger partial charge < -0.3 is 21.3 Å². The molecular formula is C22H28N4O2. The molecule has 148 valence electrons. The van der Waals surface area contributed by atoms with Crippen molar-refractivity contribution in [1.82, 2.24) is 10.2 Å². The second-order valence-electron chi connectivity index (χ2n) is 7.37. The summed E-state index contributed by atoms with van der Waals surface area (Å²) in [5.41, 5.74) is 9.43. The molecule has 1 atom stereocenters. The molecule has 0 spiro atoms. The van der Waals surface area contributed by atoms with Gasteiger partial charge in [-0.3, -0.25) is 4.79 Å². The van der Waals surface area contributed by atoms with E-state index in [9.17, 15) is 9.59 Å². The van der Waals surface area contributed by atoms with Crippen molar-refractivity contribution in [2.24, 2.45) is 5.73 Å². The second kappa shape index (κ2) is 9.37. The van der Waals surface area contributed by atoms with Crippen LogP contribution in [0.5, 0.6) is 0 Å². The van der Waals surface area contributed by atoms with Crippen molar-refractivity contribution in [3.8, 4) is 0 Å². The number of nitrogens with one attached hydrogen (secondary N) is 2. The first-order chi connectivity index (χ1) is 13.5. The van der Waals surface area contributed by atoms with E-state index in [2.05, 4.69) is 46.7 Å². The molecular weight excluding hydrogens is 352 g/mol. The first-order valence-corrected chi connectivity index (χ1v) is 9.71. The van der Waals surface area contributed by atoms with Gasteiger partial charge in [0.1, 0.15) is 0 Å². The number of nitrogens with zero attached hydrogens (tertiary/aromatic N) is 1. The fraction of sp³-hybridized carbons (Fsp3) is 0.364. The standard InChI is InChI=1S/C22H28N4O2/c1-16-5-2-3-8-20(16)18-9-11-26(15-18)12-10-24-22(28)25-19-7-4-6-17(13-19)14-21(23)27/h2-8,13,18H,9-12,14-15H2,1H3,(H2,23,27)(H2,24,25,28)/t18-/m1/s1. The van der Waals surface area contributed by atoms with Gasteiger partial charge in [0.05, 0.1) is 6.42 Å². The molecule has 4 N–H and O–H groups in total. The predicted molar refractivity (Wildman–Crippen MR) is 111 cm³/mol. The zero-order valence-electron chi connectivity index (χ0n) is 16.3. The van der Waals surface area contributed by atoms with Crippen LogP contribution in [0.1, 0.15) is 29.0 Å². The summed E-state index contributed by atoms with van der Waals surface area (Å²) in [6, 6.07) is 15.5. The Kier molecular flexibility index (Phi) is 6.66. The fourth-order valence-electron chi connectivity index (χ4n) is 3.80. The maximum Gasteiger partial charge on any atom is 0.319 e. The van der Waals surface area contributed by atoms with E-state index in [-0.39, 0.29) is 12.5 Å². The van der Waals surface area contributed by atoms with Gasteiger partial charge in [0.2, 0.25) is 5.91 Å². The Morgan fingerprint density at radius 1 is 1.18 bits per heavy atom. The van der Waals surface area contributed by atoms with Crippen molar-refractivity contribution in [3.05, 3.63) is 65.2 Å². The number of rotatable bonds is 7. The zero-order chi connectivity index (χ0) is 19.9. The third kappa shape index (κ3) is 5.57. The maximum absolute atomic E-state index is 12.1. The molecule has 1 fully saturated rings. The highest BCUT2D eigenvalue weighted by atomic mass is 16.2. The number of urea groups is 1. The molecule has 0 aromatic heterocycles. The Labute approximate surface area is 166 Å². The van der Waals surface area contributed by atoms with Crippen LogP contribution in [0.4, 0.5) is 10.5 Å². The SMILES string of the molecule is Cc1ccccc1[C@@H]1CCN(CCNC(=O)Nc2cccc(CC(N)=O)c2)C1. The highest BCUT2D eigenvalue weighted by molar-refractivity contribution is 5.89. The lowest BCUT2D eigenvalue weighted by atomic mass is 9.94. The van der Waals surface area contributed by atoms with E-state index in [1.165, 1.54) is 11.1 Å². The lowest BCUT2D eigenvalue weighted by Gasteiger charge is -2.17. The van der Waals surface area contributed by atoms with Crippen LogP contribution in [-0.4, -0.2) is 43.0 Å². The topological polar surface area (TPSA) is 87.5 Å². The Morgan fingerprint density at radius 2 is 2.00 bits per heavy atom. The number of carbonyl (C=O) groups excluding carboxylic acids is 2. The largest absolute Gasteiger partial charge is 0.369 e. The highest BCUT2D eigenvalue weighted by Gasteiger charge is 2.24. The van der Waals surface area contributed by atoms with Crippen LogP contribution in [0.25, 0.3) is 0 Å². The van der Waals surface area contributed by atoms with Crippen molar-refractivity contribution in [2.45, 2.75) is 25.7 Å². The minimum Gasteiger partial charge on any atom is -0.369 e. The summed E-state index contributed by atoms with van der Waals surface area (Å²) in [7, 11) is 0. The van der Waals surface area contributed by atoms with E-state index >= 15 is 0 Å². The third-order valence-electron chi connectivity index (χ3n) is 5.18. The molecule has 1 aliphatic rings. The third-order valence-corrected chi connectivity index (χ3v) is 5.18. The van der Waals surface area contributed by atoms with Crippen LogP contribution in [0, 0.1) is 6.92 Å². The average molecular weight is 380 g/mol. The molecule has 6 heteroatoms. The van der Waals surface area contributed by atoms with Gasteiger partial charge in [-0.15, -0.1) is 0 Å². The fourth-order valence-corrected chi connectivity index (χ4v) is 3.80. The van der Waals surface area contributed by atoms with Crippen LogP contribution < -0.4 is 16.4 Å². The molecule has 1 heterocycles. The second-order valence-corrected chi connectivity index (χ2v) is 7.37. The van der Waals surface area contributed by atoms with Gasteiger partial charge in [-0.25, -0.2) is 4.79 Å². The smallest absolute Gasteiger partial charge is 0.319 e. The average Bonchev–Trinajstić information content (AvgIpc) is 3.10. The highest BCUT2D eigenvalue weighted by Crippen LogP contribution is 2.28. The van der Waals surface area contributed by atoms with E-state index in [4.69, 9.17) is 5.73 Å². The number of anilines is 1. The minimum atomic E-state index is -0.392. The van der Waals surface area contributed by atoms with E-state index in [1.54, 1.807) is 18.2 Å². The molecule has 28 heavy (non-hydrogen) atoms. The van der Waals surface area contributed by atoms with Gasteiger partial charge in [-0.05, 0) is 54.6 Å². The molecule has 0 radical (unpaired) electrons. The number of likely N-dealkylation sites (tertiary alicyclic amines) is 1. The molecule has 2 aromatic carbocycles. The van der Waals surface area contributed by atoms with Crippen LogP contribution in [0.3, 0.4) is 0 Å². The number of hydrogen-bond donors (Lipinski definition) is 3. The van der Waals surface area contributed by atoms with E-state index in [0.717, 1.165) is 31.6 Å². The number of hydrogen-bond acceptors (Lipinski definition) is 3. The molecule has 2 aromatic rings. The van der Waals surface area contributed by atoms with E-state index < -0.39 is 5.91 Å². The summed E-state index contributed by atoms with van der Waals surface area (Å²) in [4.78, 5) is 25.5. The van der Waals surface area contributed by atoms with Crippen LogP contribution in [0.2, 0.25) is 0 Å². The lowest BCUT2D eigenvalue weighted by molar-refractivity contribution is -0.117. The normalized spacial score (nSPS) is 16.7. The Morgan fingerprint density at radius 3 is 2.79 bits per heavy atom. The van der Waals surface area contributed by atoms with Gasteiger partial charge in [0.25, 0.3) is 0 Å². The van der Waals surface area contributed by atoms with Gasteiger partial charge in [0, 0.05) is 25.3 Å². The van der Waals surface area contributed by atoms with Crippen LogP contribution in [-0.2, 0) is 11.2 Å². The number of carbonyl (C=O) groups is 2. The number of aryl methyl sites for hydroxylation is 1. The van der Waals surface area contributed by atoms with Crippen molar-refractivity contribution < 1.29 is 9.59 Å². The molecule has 3 rings (SSSR count). The number of nitrogens with two attached hydrogens (primary N) is 1. The van der Waals surface area contributed by atoms with Crippen LogP contribution >= 0.6 is 0 Å². The molecule has 0 aliphatic carbocycles. The summed E-state index contributed by atoms with van der Waals surface area (Å²) in [6.07, 6.45) is 1.32. The quantitative estimate of drug-likeness (QED) is 0.690. The lowest BCUT2D eigenvalue weighted by Crippen LogP contribution is -2.36. The molecule has 0 bridgehead atoms. The molecule has 3 amide bonds. The first-order valence-electron chi connectivity index (χ1n) is 9.71. The summed E-state index contributed by atoms with van der Waals surface area (Å²) < 4.78 is 0. The van der Waals surface area contributed by atoms with Crippen molar-refractivity contribution in [1.29, 1.82) is 0 Å². The Balaban J connectivity index is 1.41. The van der Waals surface area contributed by atoms with Gasteiger partial charge >= 0.3 is 6.03 Å². The molecule has 1 saturated heterocycles. The van der Waals surface area contributed by atoms with Crippen LogP contribution in [0.15, 0.2) is 48.5 Å². The van der Waals surface area contributed by atoms with E-state index in [1.807, 2.05) is 6.07 Å². The minimum absolute atomic E-state index is 0.161. The molecule has 6 nitrogen and oxygen atoms in total. The van der Waals surface area contributed by atoms with Crippen molar-refractivity contribution in [3.63, 3.8) is 0 Å². The number of amides is 3. The maximum atomic E-state index is 12.1. The summed E-state index contributed by atoms with van der Waals surface area (Å²) in [5, 5.41) is 5.70. The van der Waals surface area contributed by atoms with Crippen molar-refractivity contribution >= 4 is 17.6 Å². The number of primary amides is 1. The Bertz CT molecular complexity index is 837. The van der Waals surface area contributed by atoms with Gasteiger partial charge in [0.15, 0.2) is 0 Å². The van der Waals surface area contributed by atoms with Crippen molar-refractivity contribution in [2.75, 3.05) is 31.5 Å². The summed E-state index contributed by atoms with van der Waals surface area (Å²) in [6.45, 7) is 5.67. The molecule has 0 unspecified atom stereocenters. The zero-order valence-corrected chi connectivity index (χ0v) is 16.3. The first kappa shape index (κ1) is 19.9. The van der Waals surface area contributed by atoms with E-state index in [0.29, 0.717) is 18.2 Å². The molecule has 0 saturated carbocycles. The monoisotopic (exact) mass is 380 g/mol. The Hall–Kier alpha value is -2.86. The summed E-state index contributed by atoms with van der Waals surface area (Å²) in [5.74, 6) is 0.180. The van der Waals surface area contributed by atoms with Gasteiger partial charge in [-0.2, -0.15) is 0 Å². The summed E-state index contributed by atoms with van der Waals surface area (Å²) >= 11 is 0. The number of benzene rings is 2. The van der Waals surface area contributed by atoms with Gasteiger partial charge in [-0.1, -0.05) is 36.4 Å². The predicted octanol–water partition coefficient (Wildman–Crippen LogP) is 2.63.